The standard InChI is InChI=1S/C15H12F2O/c16-15(17)13-8-6-12(7-9-13)14(18)10-11-4-2-1-3-5-11/h1-9,15H,10H2. The fourth-order valence-corrected chi connectivity index (χ4v) is 1.70. The van der Waals surface area contributed by atoms with Crippen LogP contribution in [-0.4, -0.2) is 5.78 Å². The highest BCUT2D eigenvalue weighted by Crippen LogP contribution is 2.19. The summed E-state index contributed by atoms with van der Waals surface area (Å²) in [5.74, 6) is -0.0676. The van der Waals surface area contributed by atoms with Crippen molar-refractivity contribution in [1.82, 2.24) is 0 Å². The smallest absolute Gasteiger partial charge is 0.263 e. The van der Waals surface area contributed by atoms with Crippen LogP contribution >= 0.6 is 0 Å². The van der Waals surface area contributed by atoms with Crippen LogP contribution in [0.25, 0.3) is 0 Å². The summed E-state index contributed by atoms with van der Waals surface area (Å²) >= 11 is 0. The molecule has 3 heteroatoms. The van der Waals surface area contributed by atoms with Crippen LogP contribution < -0.4 is 0 Å². The van der Waals surface area contributed by atoms with Crippen LogP contribution in [0.2, 0.25) is 0 Å². The Hall–Kier alpha value is -2.03. The van der Waals surface area contributed by atoms with Gasteiger partial charge in [-0.15, -0.1) is 0 Å². The lowest BCUT2D eigenvalue weighted by molar-refractivity contribution is 0.0992. The molecular weight excluding hydrogens is 234 g/mol. The normalized spacial score (nSPS) is 10.6. The quantitative estimate of drug-likeness (QED) is 0.744. The Morgan fingerprint density at radius 1 is 0.944 bits per heavy atom. The first-order valence-corrected chi connectivity index (χ1v) is 5.62. The minimum absolute atomic E-state index is 0.0636. The Morgan fingerprint density at radius 2 is 1.56 bits per heavy atom. The molecule has 0 spiro atoms. The summed E-state index contributed by atoms with van der Waals surface area (Å²) in [5.41, 5.74) is 1.31. The van der Waals surface area contributed by atoms with Crippen LogP contribution in [0.5, 0.6) is 0 Å². The summed E-state index contributed by atoms with van der Waals surface area (Å²) in [7, 11) is 0. The van der Waals surface area contributed by atoms with Gasteiger partial charge in [-0.25, -0.2) is 8.78 Å². The number of alkyl halides is 2. The summed E-state index contributed by atoms with van der Waals surface area (Å²) in [6, 6.07) is 14.8. The number of Topliss-reactive ketones (excluding diaryl/α,β-unsaturated/α-hetero) is 1. The molecule has 1 nitrogen and oxygen atoms in total. The molecule has 2 aromatic rings. The van der Waals surface area contributed by atoms with Gasteiger partial charge in [0.25, 0.3) is 6.43 Å². The van der Waals surface area contributed by atoms with E-state index in [1.807, 2.05) is 30.3 Å². The minimum Gasteiger partial charge on any atom is -0.294 e. The molecule has 0 fully saturated rings. The Morgan fingerprint density at radius 3 is 2.11 bits per heavy atom. The van der Waals surface area contributed by atoms with Gasteiger partial charge >= 0.3 is 0 Å². The van der Waals surface area contributed by atoms with Gasteiger partial charge in [0.15, 0.2) is 5.78 Å². The van der Waals surface area contributed by atoms with Crippen molar-refractivity contribution < 1.29 is 13.6 Å². The SMILES string of the molecule is O=C(Cc1ccccc1)c1ccc(C(F)F)cc1. The van der Waals surface area contributed by atoms with Crippen molar-refractivity contribution in [3.63, 3.8) is 0 Å². The largest absolute Gasteiger partial charge is 0.294 e. The van der Waals surface area contributed by atoms with Crippen LogP contribution in [0.3, 0.4) is 0 Å². The molecule has 2 aromatic carbocycles. The maximum atomic E-state index is 12.4. The predicted octanol–water partition coefficient (Wildman–Crippen LogP) is 4.05. The fourth-order valence-electron chi connectivity index (χ4n) is 1.70. The summed E-state index contributed by atoms with van der Waals surface area (Å²) in [6.45, 7) is 0. The van der Waals surface area contributed by atoms with Gasteiger partial charge in [-0.2, -0.15) is 0 Å². The first-order chi connectivity index (χ1) is 8.66. The Balaban J connectivity index is 2.10. The van der Waals surface area contributed by atoms with Crippen molar-refractivity contribution in [3.05, 3.63) is 71.3 Å². The molecule has 0 aliphatic heterocycles. The molecule has 0 amide bonds. The van der Waals surface area contributed by atoms with E-state index in [1.54, 1.807) is 0 Å². The highest BCUT2D eigenvalue weighted by molar-refractivity contribution is 5.97. The third-order valence-electron chi connectivity index (χ3n) is 2.69. The highest BCUT2D eigenvalue weighted by atomic mass is 19.3. The second-order valence-corrected chi connectivity index (χ2v) is 4.01. The number of ketones is 1. The zero-order valence-corrected chi connectivity index (χ0v) is 9.64. The van der Waals surface area contributed by atoms with Gasteiger partial charge in [-0.1, -0.05) is 54.6 Å². The third kappa shape index (κ3) is 3.00. The lowest BCUT2D eigenvalue weighted by Gasteiger charge is -2.03. The zero-order valence-electron chi connectivity index (χ0n) is 9.64. The number of hydrogen-bond acceptors (Lipinski definition) is 1. The molecule has 0 bridgehead atoms. The first-order valence-electron chi connectivity index (χ1n) is 5.62. The van der Waals surface area contributed by atoms with Crippen molar-refractivity contribution >= 4 is 5.78 Å². The van der Waals surface area contributed by atoms with Gasteiger partial charge in [0.2, 0.25) is 0 Å². The highest BCUT2D eigenvalue weighted by Gasteiger charge is 2.10. The maximum absolute atomic E-state index is 12.4. The summed E-state index contributed by atoms with van der Waals surface area (Å²) in [4.78, 5) is 11.9. The number of carbonyl (C=O) groups excluding carboxylic acids is 1. The van der Waals surface area contributed by atoms with E-state index < -0.39 is 6.43 Å². The fraction of sp³-hybridized carbons (Fsp3) is 0.133. The molecule has 2 rings (SSSR count). The zero-order chi connectivity index (χ0) is 13.0. The lowest BCUT2D eigenvalue weighted by Crippen LogP contribution is -2.03. The molecule has 0 heterocycles. The van der Waals surface area contributed by atoms with Crippen LogP contribution in [-0.2, 0) is 6.42 Å². The molecule has 0 unspecified atom stereocenters. The molecule has 0 aliphatic rings. The van der Waals surface area contributed by atoms with E-state index in [1.165, 1.54) is 24.3 Å². The number of rotatable bonds is 4. The van der Waals surface area contributed by atoms with Crippen LogP contribution in [0.4, 0.5) is 8.78 Å². The van der Waals surface area contributed by atoms with E-state index in [9.17, 15) is 13.6 Å². The first kappa shape index (κ1) is 12.4. The molecule has 0 aliphatic carbocycles. The second kappa shape index (κ2) is 5.54. The third-order valence-corrected chi connectivity index (χ3v) is 2.69. The van der Waals surface area contributed by atoms with E-state index in [0.717, 1.165) is 5.56 Å². The molecule has 18 heavy (non-hydrogen) atoms. The van der Waals surface area contributed by atoms with Crippen LogP contribution in [0, 0.1) is 0 Å². The Kier molecular flexibility index (Phi) is 3.82. The molecule has 0 saturated heterocycles. The average Bonchev–Trinajstić information content (AvgIpc) is 2.40. The van der Waals surface area contributed by atoms with Crippen molar-refractivity contribution in [1.29, 1.82) is 0 Å². The van der Waals surface area contributed by atoms with E-state index in [4.69, 9.17) is 0 Å². The van der Waals surface area contributed by atoms with Gasteiger partial charge in [0.1, 0.15) is 0 Å². The Bertz CT molecular complexity index is 518. The van der Waals surface area contributed by atoms with Crippen molar-refractivity contribution in [3.8, 4) is 0 Å². The van der Waals surface area contributed by atoms with Crippen LogP contribution in [0.15, 0.2) is 54.6 Å². The molecule has 0 aromatic heterocycles. The Labute approximate surface area is 104 Å². The van der Waals surface area contributed by atoms with Gasteiger partial charge in [0.05, 0.1) is 0 Å². The molecule has 0 atom stereocenters. The van der Waals surface area contributed by atoms with Gasteiger partial charge in [-0.05, 0) is 5.56 Å². The monoisotopic (exact) mass is 246 g/mol. The van der Waals surface area contributed by atoms with Crippen molar-refractivity contribution in [2.75, 3.05) is 0 Å². The van der Waals surface area contributed by atoms with E-state index in [2.05, 4.69) is 0 Å². The van der Waals surface area contributed by atoms with E-state index >= 15 is 0 Å². The van der Waals surface area contributed by atoms with Gasteiger partial charge in [-0.3, -0.25) is 4.79 Å². The number of halogens is 2. The molecule has 0 saturated carbocycles. The number of benzene rings is 2. The van der Waals surface area contributed by atoms with Crippen molar-refractivity contribution in [2.45, 2.75) is 12.8 Å². The van der Waals surface area contributed by atoms with E-state index in [0.29, 0.717) is 5.56 Å². The number of carbonyl (C=O) groups is 1. The molecule has 92 valence electrons. The number of hydrogen-bond donors (Lipinski definition) is 0. The second-order valence-electron chi connectivity index (χ2n) is 4.01. The average molecular weight is 246 g/mol. The predicted molar refractivity (Wildman–Crippen MR) is 65.9 cm³/mol. The minimum atomic E-state index is -2.50. The van der Waals surface area contributed by atoms with Gasteiger partial charge in [0, 0.05) is 17.5 Å². The summed E-state index contributed by atoms with van der Waals surface area (Å²) < 4.78 is 24.7. The summed E-state index contributed by atoms with van der Waals surface area (Å²) in [5, 5.41) is 0. The van der Waals surface area contributed by atoms with Crippen molar-refractivity contribution in [2.24, 2.45) is 0 Å². The molecule has 0 N–H and O–H groups in total. The molecular formula is C15H12F2O. The summed E-state index contributed by atoms with van der Waals surface area (Å²) in [6.07, 6.45) is -2.21. The molecule has 0 radical (unpaired) electrons. The van der Waals surface area contributed by atoms with E-state index in [-0.39, 0.29) is 17.8 Å². The van der Waals surface area contributed by atoms with Crippen LogP contribution in [0.1, 0.15) is 27.9 Å². The van der Waals surface area contributed by atoms with Gasteiger partial charge < -0.3 is 0 Å². The lowest BCUT2D eigenvalue weighted by atomic mass is 10.0. The maximum Gasteiger partial charge on any atom is 0.263 e. The topological polar surface area (TPSA) is 17.1 Å².